The average molecular weight is 1320 g/mol. The van der Waals surface area contributed by atoms with E-state index in [1.165, 1.54) is 38.5 Å². The lowest BCUT2D eigenvalue weighted by atomic mass is 10.1. The van der Waals surface area contributed by atoms with Crippen LogP contribution in [0, 0.1) is 0 Å². The molecule has 0 saturated heterocycles. The number of phosphoric ester groups is 2. The Morgan fingerprint density at radius 3 is 0.934 bits per heavy atom. The number of aliphatic hydroxyl groups is 2. The summed E-state index contributed by atoms with van der Waals surface area (Å²) in [6.45, 7) is 2.36. The molecular formula is C73H122O16P2. The quantitative estimate of drug-likeness (QED) is 0.0146. The van der Waals surface area contributed by atoms with Gasteiger partial charge in [-0.05, 0) is 116 Å². The summed E-state index contributed by atoms with van der Waals surface area (Å²) in [7, 11) is -9.79. The standard InChI is InChI=1S/C73H122O16P2/c1-4-7-10-13-16-19-22-24-26-28-30-31-32-33-34-35-37-39-40-42-45-47-50-53-56-59-71(76)83-62-68(74)63-85-90(79,80)86-64-69(75)65-87-91(81,82)88-67-70(89-73(78)61-58-55-52-49-44-21-18-15-12-9-6-3)66-84-72(77)60-57-54-51-48-46-43-41-38-36-29-27-25-23-20-17-14-11-8-5-2/h7-8,10-11,16-17,19-20,24-27,30-31,33-34,36-39,43,46,68-70,74-75H,4-6,9,12-15,18,21-23,28-29,32,35,40-42,44-45,47-67H2,1-3H3,(H,79,80)(H,81,82)/b10-7-,11-8-,19-16-,20-17-,26-24-,27-25-,31-30-,34-33-,38-36-,39-37-,46-43-. The van der Waals surface area contributed by atoms with Gasteiger partial charge < -0.3 is 34.2 Å². The highest BCUT2D eigenvalue weighted by atomic mass is 31.2. The number of carbonyl (C=O) groups excluding carboxylic acids is 3. The molecule has 5 unspecified atom stereocenters. The van der Waals surface area contributed by atoms with E-state index < -0.39 is 91.5 Å². The number of phosphoric acid groups is 2. The number of ether oxygens (including phenoxy) is 3. The second kappa shape index (κ2) is 65.7. The van der Waals surface area contributed by atoms with Gasteiger partial charge in [0.05, 0.1) is 26.4 Å². The van der Waals surface area contributed by atoms with Crippen LogP contribution >= 0.6 is 15.6 Å². The number of hydrogen-bond acceptors (Lipinski definition) is 14. The van der Waals surface area contributed by atoms with E-state index in [4.69, 9.17) is 32.3 Å². The molecule has 0 fully saturated rings. The summed E-state index contributed by atoms with van der Waals surface area (Å²) >= 11 is 0. The minimum absolute atomic E-state index is 0.0957. The minimum atomic E-state index is -4.93. The van der Waals surface area contributed by atoms with Crippen molar-refractivity contribution in [2.24, 2.45) is 0 Å². The molecule has 0 aliphatic heterocycles. The molecule has 0 saturated carbocycles. The number of aliphatic hydroxyl groups excluding tert-OH is 2. The largest absolute Gasteiger partial charge is 0.472 e. The van der Waals surface area contributed by atoms with Crippen LogP contribution in [0.4, 0.5) is 0 Å². The van der Waals surface area contributed by atoms with Crippen molar-refractivity contribution in [1.82, 2.24) is 0 Å². The Morgan fingerprint density at radius 2 is 0.582 bits per heavy atom. The van der Waals surface area contributed by atoms with Crippen LogP contribution in [0.25, 0.3) is 0 Å². The first kappa shape index (κ1) is 86.7. The molecule has 91 heavy (non-hydrogen) atoms. The van der Waals surface area contributed by atoms with Crippen molar-refractivity contribution < 1.29 is 75.8 Å². The molecule has 520 valence electrons. The van der Waals surface area contributed by atoms with Crippen molar-refractivity contribution in [2.45, 2.75) is 270 Å². The van der Waals surface area contributed by atoms with E-state index in [1.807, 2.05) is 0 Å². The molecule has 0 rings (SSSR count). The highest BCUT2D eigenvalue weighted by Crippen LogP contribution is 2.45. The van der Waals surface area contributed by atoms with Gasteiger partial charge in [-0.15, -0.1) is 0 Å². The van der Waals surface area contributed by atoms with E-state index in [1.54, 1.807) is 0 Å². The molecule has 0 radical (unpaired) electrons. The van der Waals surface area contributed by atoms with Crippen molar-refractivity contribution in [3.63, 3.8) is 0 Å². The number of unbranched alkanes of at least 4 members (excludes halogenated alkanes) is 19. The molecule has 4 N–H and O–H groups in total. The van der Waals surface area contributed by atoms with Crippen LogP contribution in [0.2, 0.25) is 0 Å². The molecule has 16 nitrogen and oxygen atoms in total. The Kier molecular flexibility index (Phi) is 62.6. The molecule has 0 aromatic carbocycles. The van der Waals surface area contributed by atoms with E-state index in [0.717, 1.165) is 154 Å². The molecule has 0 aliphatic rings. The normalized spacial score (nSPS) is 15.0. The van der Waals surface area contributed by atoms with Crippen molar-refractivity contribution in [3.8, 4) is 0 Å². The van der Waals surface area contributed by atoms with Crippen LogP contribution in [-0.4, -0.2) is 95.9 Å². The molecule has 0 amide bonds. The topological polar surface area (TPSA) is 231 Å². The molecule has 18 heteroatoms. The monoisotopic (exact) mass is 1320 g/mol. The summed E-state index contributed by atoms with van der Waals surface area (Å²) in [4.78, 5) is 58.3. The van der Waals surface area contributed by atoms with Crippen molar-refractivity contribution in [1.29, 1.82) is 0 Å². The third kappa shape index (κ3) is 66.9. The third-order valence-corrected chi connectivity index (χ3v) is 15.8. The second-order valence-corrected chi connectivity index (χ2v) is 25.5. The SMILES string of the molecule is CC/C=C\C/C=C\C/C=C\C/C=C\C/C=C\C/C=C\CCCCCCCCC(=O)OCC(O)COP(=O)(O)OCC(O)COP(=O)(O)OCC(COC(=O)CCCCC/C=C\C/C=C\C/C=C\C/C=C\C/C=C\CC)OC(=O)CCCCCCCCCCCCC. The fraction of sp³-hybridized carbons (Fsp3) is 0.658. The fourth-order valence-corrected chi connectivity index (χ4v) is 10.2. The van der Waals surface area contributed by atoms with Gasteiger partial charge in [0.15, 0.2) is 6.10 Å². The summed E-state index contributed by atoms with van der Waals surface area (Å²) < 4.78 is 60.8. The zero-order chi connectivity index (χ0) is 66.7. The van der Waals surface area contributed by atoms with E-state index in [-0.39, 0.29) is 19.3 Å². The van der Waals surface area contributed by atoms with Crippen LogP contribution in [0.5, 0.6) is 0 Å². The number of rotatable bonds is 64. The third-order valence-electron chi connectivity index (χ3n) is 13.9. The summed E-state index contributed by atoms with van der Waals surface area (Å²) in [5.74, 6) is -1.63. The predicted molar refractivity (Wildman–Crippen MR) is 371 cm³/mol. The first-order valence-electron chi connectivity index (χ1n) is 34.5. The Morgan fingerprint density at radius 1 is 0.319 bits per heavy atom. The maximum absolute atomic E-state index is 12.9. The van der Waals surface area contributed by atoms with Crippen molar-refractivity contribution in [2.75, 3.05) is 39.6 Å². The zero-order valence-electron chi connectivity index (χ0n) is 56.2. The first-order valence-corrected chi connectivity index (χ1v) is 37.5. The second-order valence-electron chi connectivity index (χ2n) is 22.6. The number of esters is 3. The van der Waals surface area contributed by atoms with Crippen LogP contribution in [0.15, 0.2) is 134 Å². The summed E-state index contributed by atoms with van der Waals surface area (Å²) in [6, 6.07) is 0. The average Bonchev–Trinajstić information content (AvgIpc) is 3.54. The van der Waals surface area contributed by atoms with E-state index >= 15 is 0 Å². The van der Waals surface area contributed by atoms with Crippen LogP contribution in [0.1, 0.15) is 252 Å². The van der Waals surface area contributed by atoms with E-state index in [9.17, 15) is 43.5 Å². The molecule has 0 bridgehead atoms. The Balaban J connectivity index is 4.59. The van der Waals surface area contributed by atoms with Gasteiger partial charge >= 0.3 is 33.6 Å². The Bertz CT molecular complexity index is 2190. The van der Waals surface area contributed by atoms with E-state index in [2.05, 4.69) is 154 Å². The van der Waals surface area contributed by atoms with Gasteiger partial charge in [-0.3, -0.25) is 32.5 Å². The van der Waals surface area contributed by atoms with Crippen molar-refractivity contribution in [3.05, 3.63) is 134 Å². The molecule has 5 atom stereocenters. The zero-order valence-corrected chi connectivity index (χ0v) is 58.0. The molecule has 0 aliphatic carbocycles. The van der Waals surface area contributed by atoms with Crippen LogP contribution < -0.4 is 0 Å². The highest BCUT2D eigenvalue weighted by molar-refractivity contribution is 7.47. The fourth-order valence-electron chi connectivity index (χ4n) is 8.66. The summed E-state index contributed by atoms with van der Waals surface area (Å²) in [5, 5.41) is 20.5. The van der Waals surface area contributed by atoms with Gasteiger partial charge in [-0.1, -0.05) is 251 Å². The van der Waals surface area contributed by atoms with Gasteiger partial charge in [0.1, 0.15) is 25.4 Å². The van der Waals surface area contributed by atoms with Gasteiger partial charge in [-0.2, -0.15) is 0 Å². The van der Waals surface area contributed by atoms with Gasteiger partial charge in [0, 0.05) is 19.3 Å². The lowest BCUT2D eigenvalue weighted by molar-refractivity contribution is -0.161. The van der Waals surface area contributed by atoms with Crippen LogP contribution in [-0.2, 0) is 55.8 Å². The number of carbonyl (C=O) groups is 3. The lowest BCUT2D eigenvalue weighted by Gasteiger charge is -2.21. The maximum Gasteiger partial charge on any atom is 0.472 e. The first-order chi connectivity index (χ1) is 44.2. The van der Waals surface area contributed by atoms with Gasteiger partial charge in [-0.25, -0.2) is 9.13 Å². The van der Waals surface area contributed by atoms with Gasteiger partial charge in [0.2, 0.25) is 0 Å². The maximum atomic E-state index is 12.9. The van der Waals surface area contributed by atoms with Crippen molar-refractivity contribution >= 4 is 33.6 Å². The smallest absolute Gasteiger partial charge is 0.463 e. The molecule has 0 aromatic rings. The summed E-state index contributed by atoms with van der Waals surface area (Å²) in [5.41, 5.74) is 0. The number of hydrogen-bond donors (Lipinski definition) is 4. The minimum Gasteiger partial charge on any atom is -0.463 e. The lowest BCUT2D eigenvalue weighted by Crippen LogP contribution is -2.30. The van der Waals surface area contributed by atoms with Crippen LogP contribution in [0.3, 0.4) is 0 Å². The summed E-state index contributed by atoms with van der Waals surface area (Å²) in [6.07, 6.45) is 76.5. The van der Waals surface area contributed by atoms with Gasteiger partial charge in [0.25, 0.3) is 0 Å². The Hall–Kier alpha value is -4.31. The molecular weight excluding hydrogens is 1190 g/mol. The molecule has 0 aromatic heterocycles. The van der Waals surface area contributed by atoms with E-state index in [0.29, 0.717) is 19.3 Å². The molecule has 0 heterocycles. The Labute approximate surface area is 550 Å². The molecule has 0 spiro atoms. The highest BCUT2D eigenvalue weighted by Gasteiger charge is 2.29. The number of allylic oxidation sites excluding steroid dienone is 22. The predicted octanol–water partition coefficient (Wildman–Crippen LogP) is 19.2.